The molecule has 0 atom stereocenters. The van der Waals surface area contributed by atoms with Gasteiger partial charge in [-0.2, -0.15) is 5.10 Å². The lowest BCUT2D eigenvalue weighted by atomic mass is 9.92. The topological polar surface area (TPSA) is 71.0 Å². The Morgan fingerprint density at radius 2 is 1.92 bits per heavy atom. The SMILES string of the molecule is Oc1c(I)cc(-c2nc3ccc4[nH]ncc4c3c3c2COCC3)cc1I. The van der Waals surface area contributed by atoms with Gasteiger partial charge in [0.05, 0.1) is 43.3 Å². The Labute approximate surface area is 176 Å². The molecule has 26 heavy (non-hydrogen) atoms. The minimum absolute atomic E-state index is 0.320. The van der Waals surface area contributed by atoms with Crippen molar-refractivity contribution in [3.63, 3.8) is 0 Å². The fourth-order valence-corrected chi connectivity index (χ4v) is 5.39. The molecular formula is C19H13I2N3O2. The van der Waals surface area contributed by atoms with Crippen molar-refractivity contribution in [2.24, 2.45) is 0 Å². The molecule has 130 valence electrons. The Hall–Kier alpha value is -1.46. The molecule has 2 aromatic heterocycles. The number of nitrogens with zero attached hydrogens (tertiary/aromatic N) is 2. The largest absolute Gasteiger partial charge is 0.506 e. The Morgan fingerprint density at radius 1 is 1.12 bits per heavy atom. The number of H-pyrrole nitrogens is 1. The third-order valence-electron chi connectivity index (χ3n) is 4.82. The van der Waals surface area contributed by atoms with Gasteiger partial charge in [0.15, 0.2) is 0 Å². The number of ether oxygens (including phenoxy) is 1. The molecule has 0 radical (unpaired) electrons. The zero-order valence-electron chi connectivity index (χ0n) is 13.5. The highest BCUT2D eigenvalue weighted by atomic mass is 127. The van der Waals surface area contributed by atoms with Gasteiger partial charge in [0.1, 0.15) is 5.75 Å². The van der Waals surface area contributed by atoms with Crippen LogP contribution in [0.5, 0.6) is 5.75 Å². The Morgan fingerprint density at radius 3 is 2.73 bits per heavy atom. The number of aromatic amines is 1. The second kappa shape index (κ2) is 6.31. The fraction of sp³-hybridized carbons (Fsp3) is 0.158. The van der Waals surface area contributed by atoms with Crippen molar-refractivity contribution < 1.29 is 9.84 Å². The van der Waals surface area contributed by atoms with E-state index >= 15 is 0 Å². The van der Waals surface area contributed by atoms with Gasteiger partial charge in [0, 0.05) is 21.9 Å². The van der Waals surface area contributed by atoms with E-state index in [-0.39, 0.29) is 0 Å². The number of halogens is 2. The van der Waals surface area contributed by atoms with Gasteiger partial charge in [0.25, 0.3) is 0 Å². The quantitative estimate of drug-likeness (QED) is 0.325. The molecule has 0 spiro atoms. The minimum atomic E-state index is 0.320. The third kappa shape index (κ3) is 2.51. The maximum Gasteiger partial charge on any atom is 0.142 e. The van der Waals surface area contributed by atoms with Crippen LogP contribution in [0.15, 0.2) is 30.5 Å². The third-order valence-corrected chi connectivity index (χ3v) is 6.46. The van der Waals surface area contributed by atoms with Crippen LogP contribution in [-0.4, -0.2) is 26.9 Å². The highest BCUT2D eigenvalue weighted by Gasteiger charge is 2.22. The number of aromatic hydroxyl groups is 1. The molecule has 0 saturated carbocycles. The number of hydrogen-bond donors (Lipinski definition) is 2. The summed E-state index contributed by atoms with van der Waals surface area (Å²) in [6.45, 7) is 1.26. The monoisotopic (exact) mass is 569 g/mol. The number of nitrogens with one attached hydrogen (secondary N) is 1. The van der Waals surface area contributed by atoms with Crippen molar-refractivity contribution in [1.29, 1.82) is 0 Å². The van der Waals surface area contributed by atoms with Gasteiger partial charge in [-0.05, 0) is 81.4 Å². The molecule has 5 rings (SSSR count). The van der Waals surface area contributed by atoms with Crippen LogP contribution >= 0.6 is 45.2 Å². The smallest absolute Gasteiger partial charge is 0.142 e. The number of benzene rings is 2. The molecule has 2 aromatic carbocycles. The standard InChI is InChI=1S/C19H13I2N3O2/c20-13-5-9(6-14(21)19(13)25)18-12-8-26-4-3-10(12)17-11-7-22-24-15(11)1-2-16(17)23-18/h1-2,5-7,25H,3-4,8H2,(H,22,24). The molecule has 0 unspecified atom stereocenters. The van der Waals surface area contributed by atoms with Gasteiger partial charge in [-0.25, -0.2) is 4.98 Å². The Balaban J connectivity index is 1.88. The van der Waals surface area contributed by atoms with Crippen LogP contribution in [0.2, 0.25) is 0 Å². The van der Waals surface area contributed by atoms with Crippen LogP contribution < -0.4 is 0 Å². The first-order valence-electron chi connectivity index (χ1n) is 8.17. The maximum absolute atomic E-state index is 10.1. The van der Waals surface area contributed by atoms with E-state index in [9.17, 15) is 5.11 Å². The number of phenolic OH excluding ortho intramolecular Hbond substituents is 1. The van der Waals surface area contributed by atoms with E-state index in [4.69, 9.17) is 9.72 Å². The van der Waals surface area contributed by atoms with Gasteiger partial charge in [-0.3, -0.25) is 5.10 Å². The first-order valence-corrected chi connectivity index (χ1v) is 10.3. The molecule has 5 nitrogen and oxygen atoms in total. The first kappa shape index (κ1) is 16.7. The van der Waals surface area contributed by atoms with Crippen LogP contribution in [0, 0.1) is 7.14 Å². The predicted molar refractivity (Wildman–Crippen MR) is 117 cm³/mol. The minimum Gasteiger partial charge on any atom is -0.506 e. The summed E-state index contributed by atoms with van der Waals surface area (Å²) in [5.41, 5.74) is 6.36. The lowest BCUT2D eigenvalue weighted by molar-refractivity contribution is 0.111. The van der Waals surface area contributed by atoms with Gasteiger partial charge in [-0.1, -0.05) is 0 Å². The second-order valence-corrected chi connectivity index (χ2v) is 8.62. The molecule has 0 amide bonds. The number of rotatable bonds is 1. The summed E-state index contributed by atoms with van der Waals surface area (Å²) in [5.74, 6) is 0.320. The van der Waals surface area contributed by atoms with Crippen LogP contribution in [-0.2, 0) is 17.8 Å². The Kier molecular flexibility index (Phi) is 4.05. The number of aromatic nitrogens is 3. The molecule has 7 heteroatoms. The molecule has 1 aliphatic rings. The fourth-order valence-electron chi connectivity index (χ4n) is 3.62. The van der Waals surface area contributed by atoms with E-state index in [2.05, 4.69) is 55.4 Å². The zero-order chi connectivity index (χ0) is 17.8. The van der Waals surface area contributed by atoms with Crippen LogP contribution in [0.3, 0.4) is 0 Å². The molecule has 1 aliphatic heterocycles. The van der Waals surface area contributed by atoms with Crippen molar-refractivity contribution in [2.75, 3.05) is 6.61 Å². The maximum atomic E-state index is 10.1. The number of hydrogen-bond acceptors (Lipinski definition) is 4. The first-order chi connectivity index (χ1) is 12.6. The van der Waals surface area contributed by atoms with Crippen molar-refractivity contribution >= 4 is 67.0 Å². The van der Waals surface area contributed by atoms with Gasteiger partial charge in [0.2, 0.25) is 0 Å². The van der Waals surface area contributed by atoms with Crippen molar-refractivity contribution in [1.82, 2.24) is 15.2 Å². The number of pyridine rings is 1. The van der Waals surface area contributed by atoms with Crippen LogP contribution in [0.4, 0.5) is 0 Å². The molecule has 0 bridgehead atoms. The van der Waals surface area contributed by atoms with Gasteiger partial charge >= 0.3 is 0 Å². The average molecular weight is 569 g/mol. The summed E-state index contributed by atoms with van der Waals surface area (Å²) in [4.78, 5) is 4.99. The van der Waals surface area contributed by atoms with Crippen molar-refractivity contribution in [3.05, 3.63) is 48.7 Å². The zero-order valence-corrected chi connectivity index (χ0v) is 17.8. The van der Waals surface area contributed by atoms with Crippen molar-refractivity contribution in [2.45, 2.75) is 13.0 Å². The molecular weight excluding hydrogens is 556 g/mol. The summed E-state index contributed by atoms with van der Waals surface area (Å²) >= 11 is 4.32. The van der Waals surface area contributed by atoms with E-state index in [1.807, 2.05) is 30.5 Å². The van der Waals surface area contributed by atoms with Crippen LogP contribution in [0.1, 0.15) is 11.1 Å². The van der Waals surface area contributed by atoms with E-state index < -0.39 is 0 Å². The summed E-state index contributed by atoms with van der Waals surface area (Å²) in [5, 5.41) is 19.6. The lowest BCUT2D eigenvalue weighted by Crippen LogP contribution is -2.13. The van der Waals surface area contributed by atoms with E-state index in [1.165, 1.54) is 10.9 Å². The summed E-state index contributed by atoms with van der Waals surface area (Å²) in [7, 11) is 0. The van der Waals surface area contributed by atoms with E-state index in [0.29, 0.717) is 19.0 Å². The van der Waals surface area contributed by atoms with Crippen LogP contribution in [0.25, 0.3) is 33.1 Å². The molecule has 2 N–H and O–H groups in total. The highest BCUT2D eigenvalue weighted by molar-refractivity contribution is 14.1. The van der Waals surface area contributed by atoms with Gasteiger partial charge in [-0.15, -0.1) is 0 Å². The highest BCUT2D eigenvalue weighted by Crippen LogP contribution is 2.38. The molecule has 3 heterocycles. The van der Waals surface area contributed by atoms with E-state index in [0.717, 1.165) is 46.8 Å². The average Bonchev–Trinajstić information content (AvgIpc) is 3.13. The Bertz CT molecular complexity index is 1160. The predicted octanol–water partition coefficient (Wildman–Crippen LogP) is 4.77. The molecule has 0 aliphatic carbocycles. The summed E-state index contributed by atoms with van der Waals surface area (Å²) in [6, 6.07) is 8.04. The second-order valence-electron chi connectivity index (χ2n) is 6.30. The lowest BCUT2D eigenvalue weighted by Gasteiger charge is -2.22. The molecule has 0 saturated heterocycles. The van der Waals surface area contributed by atoms with Crippen molar-refractivity contribution in [3.8, 4) is 17.0 Å². The van der Waals surface area contributed by atoms with E-state index in [1.54, 1.807) is 0 Å². The number of fused-ring (bicyclic) bond motifs is 5. The summed E-state index contributed by atoms with van der Waals surface area (Å²) in [6.07, 6.45) is 2.74. The molecule has 4 aromatic rings. The normalized spacial score (nSPS) is 14.1. The van der Waals surface area contributed by atoms with Gasteiger partial charge < -0.3 is 9.84 Å². The number of phenols is 1. The summed E-state index contributed by atoms with van der Waals surface area (Å²) < 4.78 is 7.41. The molecule has 0 fully saturated rings.